The van der Waals surface area contributed by atoms with E-state index in [1.165, 1.54) is 5.19 Å². The Morgan fingerprint density at radius 3 is 2.33 bits per heavy atom. The molecule has 0 radical (unpaired) electrons. The summed E-state index contributed by atoms with van der Waals surface area (Å²) in [6.07, 6.45) is 3.68. The minimum atomic E-state index is -0.694. The summed E-state index contributed by atoms with van der Waals surface area (Å²) in [6.45, 7) is 6.24. The van der Waals surface area contributed by atoms with Gasteiger partial charge in [0.25, 0.3) is 0 Å². The van der Waals surface area contributed by atoms with Gasteiger partial charge in [-0.05, 0) is 44.2 Å². The summed E-state index contributed by atoms with van der Waals surface area (Å²) in [5.74, 6) is 0. The summed E-state index contributed by atoms with van der Waals surface area (Å²) >= 11 is 0. The van der Waals surface area contributed by atoms with E-state index in [0.29, 0.717) is 0 Å². The van der Waals surface area contributed by atoms with Crippen LogP contribution < -0.4 is 5.19 Å². The van der Waals surface area contributed by atoms with Crippen LogP contribution in [0.4, 0.5) is 0 Å². The van der Waals surface area contributed by atoms with Gasteiger partial charge >= 0.3 is 0 Å². The molecule has 0 bridgehead atoms. The monoisotopic (exact) mass is 258 g/mol. The van der Waals surface area contributed by atoms with Gasteiger partial charge in [0.15, 0.2) is 9.76 Å². The Balaban J connectivity index is 2.07. The fourth-order valence-electron chi connectivity index (χ4n) is 1.48. The molecule has 3 nitrogen and oxygen atoms in total. The van der Waals surface area contributed by atoms with Crippen LogP contribution in [0.25, 0.3) is 11.4 Å². The summed E-state index contributed by atoms with van der Waals surface area (Å²) < 4.78 is 5.84. The lowest BCUT2D eigenvalue weighted by Gasteiger charge is -2.19. The second-order valence-electron chi connectivity index (χ2n) is 5.17. The minimum Gasteiger partial charge on any atom is -0.414 e. The first kappa shape index (κ1) is 12.9. The third-order valence-corrected chi connectivity index (χ3v) is 4.19. The molecule has 0 amide bonds. The van der Waals surface area contributed by atoms with E-state index in [9.17, 15) is 0 Å². The zero-order valence-corrected chi connectivity index (χ0v) is 12.5. The predicted molar refractivity (Wildman–Crippen MR) is 76.5 cm³/mol. The topological polar surface area (TPSA) is 35.0 Å². The van der Waals surface area contributed by atoms with E-state index in [2.05, 4.69) is 36.8 Å². The number of aromatic nitrogens is 2. The standard InChI is InChI=1S/C14H18N2OSi/c1-14(2,3)17-18-11-7-8-13(16-10-11)12-6-4-5-9-15-12/h4-10H,18H2,1-3H3. The third kappa shape index (κ3) is 3.75. The first-order valence-corrected chi connectivity index (χ1v) is 7.33. The van der Waals surface area contributed by atoms with Crippen molar-refractivity contribution in [1.82, 2.24) is 9.97 Å². The Morgan fingerprint density at radius 2 is 1.78 bits per heavy atom. The SMILES string of the molecule is CC(C)(C)O[SiH2]c1ccc(-c2ccccn2)nc1. The van der Waals surface area contributed by atoms with Crippen LogP contribution in [0.1, 0.15) is 20.8 Å². The van der Waals surface area contributed by atoms with Crippen LogP contribution in [0.5, 0.6) is 0 Å². The minimum absolute atomic E-state index is 0.0636. The van der Waals surface area contributed by atoms with Crippen molar-refractivity contribution in [2.45, 2.75) is 26.4 Å². The second-order valence-corrected chi connectivity index (χ2v) is 6.56. The van der Waals surface area contributed by atoms with Crippen LogP contribution in [0, 0.1) is 0 Å². The van der Waals surface area contributed by atoms with Crippen LogP contribution in [0.3, 0.4) is 0 Å². The molecule has 2 aromatic rings. The van der Waals surface area contributed by atoms with Crippen molar-refractivity contribution >= 4 is 14.9 Å². The Kier molecular flexibility index (Phi) is 3.89. The summed E-state index contributed by atoms with van der Waals surface area (Å²) in [6, 6.07) is 9.94. The average Bonchev–Trinajstić information content (AvgIpc) is 2.37. The molecule has 18 heavy (non-hydrogen) atoms. The van der Waals surface area contributed by atoms with Crippen molar-refractivity contribution in [3.05, 3.63) is 42.7 Å². The highest BCUT2D eigenvalue weighted by Gasteiger charge is 2.10. The molecule has 0 saturated carbocycles. The molecule has 2 heterocycles. The molecule has 0 aliphatic rings. The fraction of sp³-hybridized carbons (Fsp3) is 0.286. The molecular weight excluding hydrogens is 240 g/mol. The van der Waals surface area contributed by atoms with Gasteiger partial charge in [-0.25, -0.2) is 0 Å². The Labute approximate surface area is 110 Å². The molecule has 0 N–H and O–H groups in total. The first-order valence-electron chi connectivity index (χ1n) is 6.05. The third-order valence-electron chi connectivity index (χ3n) is 2.42. The molecule has 0 aromatic carbocycles. The maximum atomic E-state index is 5.84. The number of hydrogen-bond acceptors (Lipinski definition) is 3. The molecule has 0 unspecified atom stereocenters. The van der Waals surface area contributed by atoms with Crippen molar-refractivity contribution < 1.29 is 4.43 Å². The highest BCUT2D eigenvalue weighted by molar-refractivity contribution is 6.46. The number of nitrogens with zero attached hydrogens (tertiary/aromatic N) is 2. The van der Waals surface area contributed by atoms with Crippen LogP contribution in [0.15, 0.2) is 42.7 Å². The zero-order chi connectivity index (χ0) is 13.0. The van der Waals surface area contributed by atoms with E-state index >= 15 is 0 Å². The molecule has 4 heteroatoms. The molecule has 2 rings (SSSR count). The van der Waals surface area contributed by atoms with Gasteiger partial charge in [0.2, 0.25) is 0 Å². The second kappa shape index (κ2) is 5.41. The van der Waals surface area contributed by atoms with Gasteiger partial charge in [-0.15, -0.1) is 0 Å². The predicted octanol–water partition coefficient (Wildman–Crippen LogP) is 1.67. The molecule has 0 aliphatic carbocycles. The average molecular weight is 258 g/mol. The lowest BCUT2D eigenvalue weighted by molar-refractivity contribution is 0.142. The van der Waals surface area contributed by atoms with E-state index in [1.807, 2.05) is 30.5 Å². The Bertz CT molecular complexity index is 491. The number of rotatable bonds is 3. The van der Waals surface area contributed by atoms with Crippen LogP contribution in [-0.4, -0.2) is 25.3 Å². The van der Waals surface area contributed by atoms with E-state index in [4.69, 9.17) is 4.43 Å². The zero-order valence-electron chi connectivity index (χ0n) is 11.1. The highest BCUT2D eigenvalue weighted by atomic mass is 28.2. The Hall–Kier alpha value is -1.52. The van der Waals surface area contributed by atoms with Crippen molar-refractivity contribution in [3.8, 4) is 11.4 Å². The molecule has 0 spiro atoms. The van der Waals surface area contributed by atoms with Gasteiger partial charge in [0.05, 0.1) is 11.4 Å². The quantitative estimate of drug-likeness (QED) is 0.786. The summed E-state index contributed by atoms with van der Waals surface area (Å²) in [5, 5.41) is 1.21. The molecular formula is C14H18N2OSi. The van der Waals surface area contributed by atoms with Crippen molar-refractivity contribution in [2.75, 3.05) is 0 Å². The molecule has 0 aliphatic heterocycles. The van der Waals surface area contributed by atoms with Gasteiger partial charge in [0, 0.05) is 18.0 Å². The molecule has 94 valence electrons. The van der Waals surface area contributed by atoms with E-state index in [0.717, 1.165) is 11.4 Å². The largest absolute Gasteiger partial charge is 0.414 e. The molecule has 0 fully saturated rings. The fourth-order valence-corrected chi connectivity index (χ4v) is 2.46. The van der Waals surface area contributed by atoms with E-state index in [1.54, 1.807) is 6.20 Å². The highest BCUT2D eigenvalue weighted by Crippen LogP contribution is 2.11. The molecule has 0 saturated heterocycles. The Morgan fingerprint density at radius 1 is 1.00 bits per heavy atom. The van der Waals surface area contributed by atoms with Gasteiger partial charge in [-0.2, -0.15) is 0 Å². The number of hydrogen-bond donors (Lipinski definition) is 0. The summed E-state index contributed by atoms with van der Waals surface area (Å²) in [4.78, 5) is 8.72. The first-order chi connectivity index (χ1) is 8.54. The normalized spacial score (nSPS) is 12.2. The van der Waals surface area contributed by atoms with Crippen molar-refractivity contribution in [3.63, 3.8) is 0 Å². The lowest BCUT2D eigenvalue weighted by atomic mass is 10.2. The van der Waals surface area contributed by atoms with E-state index in [-0.39, 0.29) is 5.60 Å². The molecule has 0 atom stereocenters. The number of pyridine rings is 2. The molecule has 2 aromatic heterocycles. The van der Waals surface area contributed by atoms with Gasteiger partial charge < -0.3 is 4.43 Å². The van der Waals surface area contributed by atoms with Crippen LogP contribution >= 0.6 is 0 Å². The van der Waals surface area contributed by atoms with Crippen LogP contribution in [-0.2, 0) is 4.43 Å². The maximum Gasteiger partial charge on any atom is 0.194 e. The van der Waals surface area contributed by atoms with Crippen molar-refractivity contribution in [2.24, 2.45) is 0 Å². The lowest BCUT2D eigenvalue weighted by Crippen LogP contribution is -2.28. The summed E-state index contributed by atoms with van der Waals surface area (Å²) in [5.41, 5.74) is 1.75. The van der Waals surface area contributed by atoms with Gasteiger partial charge in [-0.3, -0.25) is 9.97 Å². The van der Waals surface area contributed by atoms with Crippen molar-refractivity contribution in [1.29, 1.82) is 0 Å². The summed E-state index contributed by atoms with van der Waals surface area (Å²) in [7, 11) is -0.694. The van der Waals surface area contributed by atoms with Gasteiger partial charge in [0.1, 0.15) is 0 Å². The smallest absolute Gasteiger partial charge is 0.194 e. The van der Waals surface area contributed by atoms with Gasteiger partial charge in [-0.1, -0.05) is 12.1 Å². The van der Waals surface area contributed by atoms with Crippen LogP contribution in [0.2, 0.25) is 0 Å². The van der Waals surface area contributed by atoms with E-state index < -0.39 is 9.76 Å². The maximum absolute atomic E-state index is 5.84.